The standard InChI is InChI=1S/C22H20N4O4S2/c1-3-6-19-25-26-20(23)17(21(27)24-22(26)31-19)13-15-7-4-5-8-18(15)30-32(28,29)16-11-9-14(2)10-12-16/h4-5,7-13,23H,3,6H2,1-2H3. The third kappa shape index (κ3) is 4.37. The van der Waals surface area contributed by atoms with E-state index < -0.39 is 16.0 Å². The Morgan fingerprint density at radius 3 is 2.59 bits per heavy atom. The highest BCUT2D eigenvalue weighted by molar-refractivity contribution is 8.26. The summed E-state index contributed by atoms with van der Waals surface area (Å²) >= 11 is 1.28. The first-order valence-corrected chi connectivity index (χ1v) is 12.1. The molecule has 10 heteroatoms. The number of hydrogen-bond acceptors (Lipinski definition) is 7. The maximum Gasteiger partial charge on any atom is 0.339 e. The van der Waals surface area contributed by atoms with Gasteiger partial charge in [0.2, 0.25) is 5.17 Å². The van der Waals surface area contributed by atoms with E-state index in [1.54, 1.807) is 30.3 Å². The zero-order valence-corrected chi connectivity index (χ0v) is 19.0. The van der Waals surface area contributed by atoms with Crippen LogP contribution >= 0.6 is 11.8 Å². The summed E-state index contributed by atoms with van der Waals surface area (Å²) in [5.41, 5.74) is 1.26. The van der Waals surface area contributed by atoms with Crippen molar-refractivity contribution in [1.82, 2.24) is 5.01 Å². The summed E-state index contributed by atoms with van der Waals surface area (Å²) < 4.78 is 30.8. The van der Waals surface area contributed by atoms with Gasteiger partial charge in [0.05, 0.1) is 5.57 Å². The van der Waals surface area contributed by atoms with Crippen molar-refractivity contribution in [2.45, 2.75) is 31.6 Å². The number of amidine groups is 2. The molecule has 0 atom stereocenters. The number of aliphatic imine (C=N–C) groups is 1. The van der Waals surface area contributed by atoms with Gasteiger partial charge < -0.3 is 4.18 Å². The molecule has 0 bridgehead atoms. The van der Waals surface area contributed by atoms with E-state index in [0.717, 1.165) is 23.4 Å². The van der Waals surface area contributed by atoms with Crippen molar-refractivity contribution in [2.24, 2.45) is 10.1 Å². The first-order valence-electron chi connectivity index (χ1n) is 9.88. The van der Waals surface area contributed by atoms with Crippen LogP contribution in [0.4, 0.5) is 0 Å². The van der Waals surface area contributed by atoms with Crippen LogP contribution in [0, 0.1) is 12.3 Å². The minimum Gasteiger partial charge on any atom is -0.378 e. The van der Waals surface area contributed by atoms with E-state index in [4.69, 9.17) is 9.59 Å². The van der Waals surface area contributed by atoms with E-state index in [1.807, 2.05) is 13.8 Å². The monoisotopic (exact) mass is 468 g/mol. The number of carbonyl (C=O) groups excluding carboxylic acids is 1. The molecule has 0 spiro atoms. The summed E-state index contributed by atoms with van der Waals surface area (Å²) in [5.74, 6) is -0.658. The van der Waals surface area contributed by atoms with Gasteiger partial charge in [-0.2, -0.15) is 23.5 Å². The van der Waals surface area contributed by atoms with E-state index in [0.29, 0.717) is 10.7 Å². The number of para-hydroxylation sites is 1. The first kappa shape index (κ1) is 22.0. The molecule has 0 unspecified atom stereocenters. The Bertz CT molecular complexity index is 1300. The van der Waals surface area contributed by atoms with Crippen molar-refractivity contribution in [2.75, 3.05) is 0 Å². The molecule has 1 amide bonds. The lowest BCUT2D eigenvalue weighted by molar-refractivity contribution is -0.114. The molecule has 164 valence electrons. The van der Waals surface area contributed by atoms with E-state index in [2.05, 4.69) is 10.1 Å². The summed E-state index contributed by atoms with van der Waals surface area (Å²) in [7, 11) is -4.08. The van der Waals surface area contributed by atoms with E-state index in [-0.39, 0.29) is 22.1 Å². The average Bonchev–Trinajstić information content (AvgIpc) is 3.15. The van der Waals surface area contributed by atoms with Gasteiger partial charge in [-0.15, -0.1) is 0 Å². The van der Waals surface area contributed by atoms with Crippen molar-refractivity contribution < 1.29 is 17.4 Å². The summed E-state index contributed by atoms with van der Waals surface area (Å²) in [6, 6.07) is 12.7. The second-order valence-electron chi connectivity index (χ2n) is 7.15. The fraction of sp³-hybridized carbons (Fsp3) is 0.182. The predicted molar refractivity (Wildman–Crippen MR) is 125 cm³/mol. The van der Waals surface area contributed by atoms with Gasteiger partial charge in [-0.25, -0.2) is 0 Å². The van der Waals surface area contributed by atoms with Crippen LogP contribution in [0.2, 0.25) is 0 Å². The maximum absolute atomic E-state index is 12.7. The molecule has 2 aliphatic heterocycles. The highest BCUT2D eigenvalue weighted by atomic mass is 32.2. The summed E-state index contributed by atoms with van der Waals surface area (Å²) in [4.78, 5) is 16.7. The normalized spacial score (nSPS) is 17.3. The molecular weight excluding hydrogens is 448 g/mol. The molecule has 32 heavy (non-hydrogen) atoms. The van der Waals surface area contributed by atoms with Gasteiger partial charge in [-0.05, 0) is 55.8 Å². The van der Waals surface area contributed by atoms with Crippen LogP contribution in [0.5, 0.6) is 5.75 Å². The third-order valence-electron chi connectivity index (χ3n) is 4.69. The number of hydrazone groups is 1. The van der Waals surface area contributed by atoms with Crippen molar-refractivity contribution in [3.05, 3.63) is 65.2 Å². The Balaban J connectivity index is 1.67. The molecule has 2 aliphatic rings. The lowest BCUT2D eigenvalue weighted by atomic mass is 10.1. The van der Waals surface area contributed by atoms with Crippen LogP contribution in [-0.4, -0.2) is 35.4 Å². The van der Waals surface area contributed by atoms with Gasteiger partial charge in [0.25, 0.3) is 5.91 Å². The molecular formula is C22H20N4O4S2. The Hall–Kier alpha value is -3.24. The van der Waals surface area contributed by atoms with Gasteiger partial charge in [0.1, 0.15) is 15.7 Å². The second-order valence-corrected chi connectivity index (χ2v) is 9.74. The number of amides is 1. The van der Waals surface area contributed by atoms with Crippen LogP contribution < -0.4 is 4.18 Å². The van der Waals surface area contributed by atoms with Crippen molar-refractivity contribution in [1.29, 1.82) is 5.41 Å². The first-order chi connectivity index (χ1) is 15.3. The fourth-order valence-corrected chi connectivity index (χ4v) is 4.99. The van der Waals surface area contributed by atoms with Gasteiger partial charge in [0, 0.05) is 5.56 Å². The quantitative estimate of drug-likeness (QED) is 0.503. The molecule has 1 N–H and O–H groups in total. The summed E-state index contributed by atoms with van der Waals surface area (Å²) in [6.45, 7) is 3.88. The van der Waals surface area contributed by atoms with Crippen molar-refractivity contribution in [3.8, 4) is 5.75 Å². The molecule has 0 fully saturated rings. The molecule has 0 saturated heterocycles. The molecule has 2 aromatic carbocycles. The van der Waals surface area contributed by atoms with Crippen LogP contribution in [0.1, 0.15) is 30.9 Å². The highest BCUT2D eigenvalue weighted by Crippen LogP contribution is 2.31. The zero-order chi connectivity index (χ0) is 22.9. The fourth-order valence-electron chi connectivity index (χ4n) is 3.05. The number of hydrogen-bond donors (Lipinski definition) is 1. The predicted octanol–water partition coefficient (Wildman–Crippen LogP) is 4.18. The number of aryl methyl sites for hydroxylation is 1. The van der Waals surface area contributed by atoms with Crippen LogP contribution in [0.15, 0.2) is 69.1 Å². The topological polar surface area (TPSA) is 112 Å². The zero-order valence-electron chi connectivity index (χ0n) is 17.4. The van der Waals surface area contributed by atoms with Crippen LogP contribution in [0.25, 0.3) is 6.08 Å². The molecule has 2 heterocycles. The van der Waals surface area contributed by atoms with Gasteiger partial charge in [0.15, 0.2) is 5.84 Å². The Labute approximate surface area is 190 Å². The molecule has 8 nitrogen and oxygen atoms in total. The smallest absolute Gasteiger partial charge is 0.339 e. The summed E-state index contributed by atoms with van der Waals surface area (Å²) in [6.07, 6.45) is 3.02. The number of thioether (sulfide) groups is 1. The van der Waals surface area contributed by atoms with Crippen molar-refractivity contribution >= 4 is 49.9 Å². The minimum atomic E-state index is -4.08. The molecule has 4 rings (SSSR count). The number of rotatable bonds is 6. The second kappa shape index (κ2) is 8.71. The SMILES string of the molecule is CCCC1=NN2C(=N)C(=Cc3ccccc3OS(=O)(=O)c3ccc(C)cc3)C(=O)N=C2S1. The van der Waals surface area contributed by atoms with Gasteiger partial charge >= 0.3 is 10.1 Å². The highest BCUT2D eigenvalue weighted by Gasteiger charge is 2.35. The molecule has 2 aromatic rings. The molecule has 0 radical (unpaired) electrons. The molecule has 0 saturated carbocycles. The lowest BCUT2D eigenvalue weighted by Crippen LogP contribution is -2.35. The lowest BCUT2D eigenvalue weighted by Gasteiger charge is -2.20. The maximum atomic E-state index is 12.7. The van der Waals surface area contributed by atoms with Crippen molar-refractivity contribution in [3.63, 3.8) is 0 Å². The van der Waals surface area contributed by atoms with E-state index in [9.17, 15) is 13.2 Å². The molecule has 0 aromatic heterocycles. The Morgan fingerprint density at radius 2 is 1.88 bits per heavy atom. The Morgan fingerprint density at radius 1 is 1.16 bits per heavy atom. The number of carbonyl (C=O) groups is 1. The number of nitrogens with zero attached hydrogens (tertiary/aromatic N) is 3. The molecule has 0 aliphatic carbocycles. The third-order valence-corrected chi connectivity index (χ3v) is 6.90. The average molecular weight is 469 g/mol. The Kier molecular flexibility index (Phi) is 5.98. The van der Waals surface area contributed by atoms with Gasteiger partial charge in [-0.3, -0.25) is 10.2 Å². The van der Waals surface area contributed by atoms with Crippen LogP contribution in [-0.2, 0) is 14.9 Å². The van der Waals surface area contributed by atoms with Gasteiger partial charge in [-0.1, -0.05) is 42.8 Å². The largest absolute Gasteiger partial charge is 0.378 e. The number of benzene rings is 2. The van der Waals surface area contributed by atoms with E-state index in [1.165, 1.54) is 41.0 Å². The minimum absolute atomic E-state index is 0.000340. The van der Waals surface area contributed by atoms with Crippen LogP contribution in [0.3, 0.4) is 0 Å². The van der Waals surface area contributed by atoms with E-state index >= 15 is 0 Å². The number of nitrogens with one attached hydrogen (secondary N) is 1. The summed E-state index contributed by atoms with van der Waals surface area (Å²) in [5, 5.41) is 15.3. The number of fused-ring (bicyclic) bond motifs is 1.